The Hall–Kier alpha value is -0.480. The zero-order chi connectivity index (χ0) is 12.8. The highest BCUT2D eigenvalue weighted by Gasteiger charge is 2.12. The fraction of sp³-hybridized carbons (Fsp3) is 0.786. The van der Waals surface area contributed by atoms with E-state index in [0.29, 0.717) is 0 Å². The van der Waals surface area contributed by atoms with Gasteiger partial charge in [-0.05, 0) is 38.3 Å². The van der Waals surface area contributed by atoms with Crippen molar-refractivity contribution in [1.82, 2.24) is 15.1 Å². The largest absolute Gasteiger partial charge is 0.316 e. The number of hydrogen-bond donors (Lipinski definition) is 1. The Bertz CT molecular complexity index is 356. The Balaban J connectivity index is 1.57. The van der Waals surface area contributed by atoms with Crippen LogP contribution in [-0.4, -0.2) is 28.6 Å². The van der Waals surface area contributed by atoms with E-state index in [1.807, 2.05) is 30.4 Å². The summed E-state index contributed by atoms with van der Waals surface area (Å²) in [4.78, 5) is 0. The van der Waals surface area contributed by atoms with Gasteiger partial charge in [0.25, 0.3) is 0 Å². The summed E-state index contributed by atoms with van der Waals surface area (Å²) in [5.41, 5.74) is 1.11. The highest BCUT2D eigenvalue weighted by Crippen LogP contribution is 2.22. The van der Waals surface area contributed by atoms with Gasteiger partial charge >= 0.3 is 0 Å². The molecule has 0 aromatic carbocycles. The van der Waals surface area contributed by atoms with Crippen LogP contribution in [0.15, 0.2) is 11.1 Å². The van der Waals surface area contributed by atoms with Crippen molar-refractivity contribution in [3.63, 3.8) is 0 Å². The second kappa shape index (κ2) is 7.19. The molecule has 18 heavy (non-hydrogen) atoms. The highest BCUT2D eigenvalue weighted by atomic mass is 32.2. The number of nitrogens with zero attached hydrogens (tertiary/aromatic N) is 2. The molecule has 1 saturated carbocycles. The summed E-state index contributed by atoms with van der Waals surface area (Å²) < 4.78 is 1.97. The van der Waals surface area contributed by atoms with Crippen molar-refractivity contribution in [2.75, 3.05) is 18.8 Å². The monoisotopic (exact) mass is 267 g/mol. The summed E-state index contributed by atoms with van der Waals surface area (Å²) >= 11 is 1.89. The lowest BCUT2D eigenvalue weighted by Gasteiger charge is -2.21. The van der Waals surface area contributed by atoms with Gasteiger partial charge in [-0.2, -0.15) is 5.10 Å². The molecule has 1 aliphatic rings. The van der Waals surface area contributed by atoms with Crippen molar-refractivity contribution in [2.45, 2.75) is 44.1 Å². The quantitative estimate of drug-likeness (QED) is 0.635. The molecule has 0 atom stereocenters. The summed E-state index contributed by atoms with van der Waals surface area (Å²) in [7, 11) is 2.02. The van der Waals surface area contributed by atoms with E-state index in [0.717, 1.165) is 23.9 Å². The van der Waals surface area contributed by atoms with E-state index in [9.17, 15) is 0 Å². The summed E-state index contributed by atoms with van der Waals surface area (Å²) in [6.45, 7) is 4.36. The number of aromatic nitrogens is 2. The third kappa shape index (κ3) is 4.32. The van der Waals surface area contributed by atoms with Gasteiger partial charge in [-0.3, -0.25) is 4.68 Å². The molecule has 1 N–H and O–H groups in total. The molecule has 0 bridgehead atoms. The third-order valence-corrected chi connectivity index (χ3v) is 4.73. The van der Waals surface area contributed by atoms with Crippen LogP contribution in [0.5, 0.6) is 0 Å². The van der Waals surface area contributed by atoms with Gasteiger partial charge in [0.2, 0.25) is 0 Å². The normalized spacial score (nSPS) is 17.2. The maximum absolute atomic E-state index is 4.36. The van der Waals surface area contributed by atoms with Crippen LogP contribution >= 0.6 is 11.8 Å². The topological polar surface area (TPSA) is 29.9 Å². The minimum Gasteiger partial charge on any atom is -0.316 e. The standard InChI is InChI=1S/C14H25N3S/c1-12-10-14(17(2)16-12)18-9-8-15-11-13-6-4-3-5-7-13/h10,13,15H,3-9,11H2,1-2H3. The summed E-state index contributed by atoms with van der Waals surface area (Å²) in [6.07, 6.45) is 7.19. The Morgan fingerprint density at radius 1 is 1.39 bits per heavy atom. The van der Waals surface area contributed by atoms with Gasteiger partial charge in [-0.1, -0.05) is 19.3 Å². The molecule has 1 heterocycles. The molecule has 1 fully saturated rings. The van der Waals surface area contributed by atoms with E-state index in [1.54, 1.807) is 0 Å². The molecule has 2 rings (SSSR count). The SMILES string of the molecule is Cc1cc(SCCNCC2CCCCC2)n(C)n1. The molecule has 0 aliphatic heterocycles. The van der Waals surface area contributed by atoms with Crippen LogP contribution < -0.4 is 5.32 Å². The van der Waals surface area contributed by atoms with E-state index in [2.05, 4.69) is 16.5 Å². The molecule has 1 aromatic rings. The van der Waals surface area contributed by atoms with Gasteiger partial charge in [0.15, 0.2) is 0 Å². The van der Waals surface area contributed by atoms with Gasteiger partial charge in [-0.15, -0.1) is 11.8 Å². The van der Waals surface area contributed by atoms with Crippen molar-refractivity contribution in [3.8, 4) is 0 Å². The Kier molecular flexibility index (Phi) is 5.57. The Labute approximate surface area is 115 Å². The summed E-state index contributed by atoms with van der Waals surface area (Å²) in [6, 6.07) is 2.16. The summed E-state index contributed by atoms with van der Waals surface area (Å²) in [5.74, 6) is 2.06. The molecule has 0 amide bonds. The number of hydrogen-bond acceptors (Lipinski definition) is 3. The van der Waals surface area contributed by atoms with Gasteiger partial charge in [-0.25, -0.2) is 0 Å². The predicted octanol–water partition coefficient (Wildman–Crippen LogP) is 2.99. The van der Waals surface area contributed by atoms with E-state index < -0.39 is 0 Å². The van der Waals surface area contributed by atoms with Crippen LogP contribution in [0.4, 0.5) is 0 Å². The van der Waals surface area contributed by atoms with Crippen LogP contribution in [0.1, 0.15) is 37.8 Å². The number of nitrogens with one attached hydrogen (secondary N) is 1. The third-order valence-electron chi connectivity index (χ3n) is 3.65. The van der Waals surface area contributed by atoms with Gasteiger partial charge < -0.3 is 5.32 Å². The fourth-order valence-corrected chi connectivity index (χ4v) is 3.58. The molecular formula is C14H25N3S. The first-order chi connectivity index (χ1) is 8.75. The summed E-state index contributed by atoms with van der Waals surface area (Å²) in [5, 5.41) is 9.23. The lowest BCUT2D eigenvalue weighted by molar-refractivity contribution is 0.345. The van der Waals surface area contributed by atoms with Crippen LogP contribution in [0.25, 0.3) is 0 Å². The second-order valence-electron chi connectivity index (χ2n) is 5.30. The van der Waals surface area contributed by atoms with Gasteiger partial charge in [0, 0.05) is 19.3 Å². The van der Waals surface area contributed by atoms with Gasteiger partial charge in [0.05, 0.1) is 10.7 Å². The van der Waals surface area contributed by atoms with Crippen LogP contribution in [0.2, 0.25) is 0 Å². The Morgan fingerprint density at radius 2 is 2.17 bits per heavy atom. The van der Waals surface area contributed by atoms with Crippen molar-refractivity contribution >= 4 is 11.8 Å². The van der Waals surface area contributed by atoms with Crippen LogP contribution in [-0.2, 0) is 7.05 Å². The number of aryl methyl sites for hydroxylation is 2. The van der Waals surface area contributed by atoms with Crippen molar-refractivity contribution in [1.29, 1.82) is 0 Å². The van der Waals surface area contributed by atoms with Crippen LogP contribution in [0, 0.1) is 12.8 Å². The minimum absolute atomic E-state index is 0.933. The molecule has 1 aromatic heterocycles. The van der Waals surface area contributed by atoms with Gasteiger partial charge in [0.1, 0.15) is 0 Å². The van der Waals surface area contributed by atoms with Crippen molar-refractivity contribution in [3.05, 3.63) is 11.8 Å². The first-order valence-electron chi connectivity index (χ1n) is 7.10. The zero-order valence-corrected chi connectivity index (χ0v) is 12.4. The number of thioether (sulfide) groups is 1. The highest BCUT2D eigenvalue weighted by molar-refractivity contribution is 7.99. The minimum atomic E-state index is 0.933. The molecule has 3 nitrogen and oxygen atoms in total. The lowest BCUT2D eigenvalue weighted by Crippen LogP contribution is -2.26. The second-order valence-corrected chi connectivity index (χ2v) is 6.42. The lowest BCUT2D eigenvalue weighted by atomic mass is 9.89. The molecule has 1 aliphatic carbocycles. The van der Waals surface area contributed by atoms with Crippen molar-refractivity contribution < 1.29 is 0 Å². The fourth-order valence-electron chi connectivity index (χ4n) is 2.65. The Morgan fingerprint density at radius 3 is 2.83 bits per heavy atom. The first kappa shape index (κ1) is 13.9. The zero-order valence-electron chi connectivity index (χ0n) is 11.6. The number of rotatable bonds is 6. The molecule has 0 unspecified atom stereocenters. The van der Waals surface area contributed by atoms with E-state index in [-0.39, 0.29) is 0 Å². The predicted molar refractivity (Wildman–Crippen MR) is 78.1 cm³/mol. The average Bonchev–Trinajstić information content (AvgIpc) is 2.69. The first-order valence-corrected chi connectivity index (χ1v) is 8.08. The van der Waals surface area contributed by atoms with E-state index in [4.69, 9.17) is 0 Å². The molecule has 0 spiro atoms. The molecule has 0 radical (unpaired) electrons. The van der Waals surface area contributed by atoms with Crippen molar-refractivity contribution in [2.24, 2.45) is 13.0 Å². The van der Waals surface area contributed by atoms with E-state index in [1.165, 1.54) is 43.7 Å². The van der Waals surface area contributed by atoms with E-state index >= 15 is 0 Å². The average molecular weight is 267 g/mol. The maximum atomic E-state index is 4.36. The maximum Gasteiger partial charge on any atom is 0.0939 e. The molecule has 0 saturated heterocycles. The smallest absolute Gasteiger partial charge is 0.0939 e. The van der Waals surface area contributed by atoms with Crippen LogP contribution in [0.3, 0.4) is 0 Å². The molecule has 4 heteroatoms. The molecular weight excluding hydrogens is 242 g/mol. The molecule has 102 valence electrons.